The lowest BCUT2D eigenvalue weighted by Crippen LogP contribution is -2.50. The number of ether oxygens (including phenoxy) is 1. The van der Waals surface area contributed by atoms with E-state index < -0.39 is 0 Å². The van der Waals surface area contributed by atoms with E-state index in [-0.39, 0.29) is 11.5 Å². The molecule has 1 N–H and O–H groups in total. The smallest absolute Gasteiger partial charge is 0.254 e. The van der Waals surface area contributed by atoms with E-state index >= 15 is 0 Å². The minimum absolute atomic E-state index is 0.101. The van der Waals surface area contributed by atoms with Crippen molar-refractivity contribution >= 4 is 16.9 Å². The summed E-state index contributed by atoms with van der Waals surface area (Å²) < 4.78 is 6.15. The largest absolute Gasteiger partial charge is 0.373 e. The fourth-order valence-corrected chi connectivity index (χ4v) is 4.01. The fourth-order valence-electron chi connectivity index (χ4n) is 4.01. The molecule has 0 saturated carbocycles. The average Bonchev–Trinajstić information content (AvgIpc) is 3.20. The number of benzene rings is 1. The van der Waals surface area contributed by atoms with Gasteiger partial charge in [-0.15, -0.1) is 0 Å². The number of carbonyl (C=O) groups is 1. The van der Waals surface area contributed by atoms with Crippen LogP contribution in [0.2, 0.25) is 0 Å². The van der Waals surface area contributed by atoms with Crippen LogP contribution in [0.4, 0.5) is 0 Å². The number of aromatic amines is 1. The highest BCUT2D eigenvalue weighted by molar-refractivity contribution is 5.97. The second kappa shape index (κ2) is 5.64. The molecule has 1 spiro atoms. The maximum absolute atomic E-state index is 12.9. The number of hydrogen-bond acceptors (Lipinski definition) is 3. The van der Waals surface area contributed by atoms with Crippen molar-refractivity contribution in [2.24, 2.45) is 5.92 Å². The first kappa shape index (κ1) is 14.7. The second-order valence-corrected chi connectivity index (χ2v) is 6.94. The average molecular weight is 313 g/mol. The number of rotatable bonds is 2. The monoisotopic (exact) mass is 313 g/mol. The van der Waals surface area contributed by atoms with Crippen LogP contribution in [0.5, 0.6) is 0 Å². The van der Waals surface area contributed by atoms with Crippen LogP contribution in [0.1, 0.15) is 43.0 Å². The highest BCUT2D eigenvalue weighted by Crippen LogP contribution is 2.38. The molecule has 4 rings (SSSR count). The van der Waals surface area contributed by atoms with E-state index in [1.54, 1.807) is 6.33 Å². The van der Waals surface area contributed by atoms with Crippen LogP contribution in [-0.4, -0.2) is 46.1 Å². The highest BCUT2D eigenvalue weighted by Gasteiger charge is 2.43. The molecule has 2 atom stereocenters. The zero-order valence-electron chi connectivity index (χ0n) is 13.5. The molecule has 5 heteroatoms. The maximum atomic E-state index is 12.9. The van der Waals surface area contributed by atoms with Crippen LogP contribution >= 0.6 is 0 Å². The first-order valence-electron chi connectivity index (χ1n) is 8.55. The molecular weight excluding hydrogens is 290 g/mol. The lowest BCUT2D eigenvalue weighted by Gasteiger charge is -2.39. The number of imidazole rings is 1. The Morgan fingerprint density at radius 2 is 2.43 bits per heavy atom. The van der Waals surface area contributed by atoms with Crippen LogP contribution in [0.15, 0.2) is 24.5 Å². The number of nitrogens with one attached hydrogen (secondary N) is 1. The van der Waals surface area contributed by atoms with Gasteiger partial charge in [0.2, 0.25) is 0 Å². The summed E-state index contributed by atoms with van der Waals surface area (Å²) in [6.45, 7) is 4.61. The zero-order valence-corrected chi connectivity index (χ0v) is 13.5. The standard InChI is InChI=1S/C18H23N3O2/c1-2-13-9-18(23-10-13)6-3-7-21(11-18)17(22)14-4-5-15-16(8-14)20-12-19-15/h4-5,8,12-13H,2-3,6-7,9-11H2,1H3,(H,19,20). The Kier molecular flexibility index (Phi) is 3.60. The first-order chi connectivity index (χ1) is 11.2. The Morgan fingerprint density at radius 1 is 1.52 bits per heavy atom. The SMILES string of the molecule is CCC1COC2(CCCN(C(=O)c3ccc4nc[nH]c4c3)C2)C1. The summed E-state index contributed by atoms with van der Waals surface area (Å²) in [5.41, 5.74) is 2.42. The predicted molar refractivity (Wildman–Crippen MR) is 88.3 cm³/mol. The van der Waals surface area contributed by atoms with Crippen molar-refractivity contribution in [3.8, 4) is 0 Å². The minimum atomic E-state index is -0.104. The summed E-state index contributed by atoms with van der Waals surface area (Å²) in [4.78, 5) is 22.1. The number of amides is 1. The molecule has 1 aromatic carbocycles. The molecule has 0 bridgehead atoms. The Morgan fingerprint density at radius 3 is 3.26 bits per heavy atom. The molecular formula is C18H23N3O2. The van der Waals surface area contributed by atoms with E-state index in [4.69, 9.17) is 4.74 Å². The van der Waals surface area contributed by atoms with Crippen LogP contribution in [-0.2, 0) is 4.74 Å². The minimum Gasteiger partial charge on any atom is -0.373 e. The van der Waals surface area contributed by atoms with Crippen LogP contribution in [0.25, 0.3) is 11.0 Å². The van der Waals surface area contributed by atoms with Crippen molar-refractivity contribution < 1.29 is 9.53 Å². The number of H-pyrrole nitrogens is 1. The van der Waals surface area contributed by atoms with E-state index in [0.29, 0.717) is 5.92 Å². The summed E-state index contributed by atoms with van der Waals surface area (Å²) in [7, 11) is 0. The quantitative estimate of drug-likeness (QED) is 0.927. The van der Waals surface area contributed by atoms with Crippen molar-refractivity contribution in [1.82, 2.24) is 14.9 Å². The summed E-state index contributed by atoms with van der Waals surface area (Å²) in [5, 5.41) is 0. The number of carbonyl (C=O) groups excluding carboxylic acids is 1. The molecule has 5 nitrogen and oxygen atoms in total. The predicted octanol–water partition coefficient (Wildman–Crippen LogP) is 2.98. The van der Waals surface area contributed by atoms with Crippen molar-refractivity contribution in [1.29, 1.82) is 0 Å². The van der Waals surface area contributed by atoms with Gasteiger partial charge in [-0.1, -0.05) is 13.3 Å². The molecule has 122 valence electrons. The van der Waals surface area contributed by atoms with Crippen molar-refractivity contribution in [3.63, 3.8) is 0 Å². The van der Waals surface area contributed by atoms with Crippen molar-refractivity contribution in [3.05, 3.63) is 30.1 Å². The molecule has 2 unspecified atom stereocenters. The molecule has 2 saturated heterocycles. The third-order valence-corrected chi connectivity index (χ3v) is 5.36. The van der Waals surface area contributed by atoms with Crippen LogP contribution < -0.4 is 0 Å². The van der Waals surface area contributed by atoms with E-state index in [0.717, 1.165) is 62.0 Å². The lowest BCUT2D eigenvalue weighted by molar-refractivity contribution is -0.0449. The molecule has 23 heavy (non-hydrogen) atoms. The van der Waals surface area contributed by atoms with E-state index in [9.17, 15) is 4.79 Å². The van der Waals surface area contributed by atoms with Gasteiger partial charge in [0.1, 0.15) is 0 Å². The van der Waals surface area contributed by atoms with Gasteiger partial charge in [0.15, 0.2) is 0 Å². The topological polar surface area (TPSA) is 58.2 Å². The summed E-state index contributed by atoms with van der Waals surface area (Å²) >= 11 is 0. The third kappa shape index (κ3) is 2.63. The number of likely N-dealkylation sites (tertiary alicyclic amines) is 1. The normalized spacial score (nSPS) is 27.9. The van der Waals surface area contributed by atoms with Gasteiger partial charge in [-0.3, -0.25) is 4.79 Å². The van der Waals surface area contributed by atoms with E-state index in [2.05, 4.69) is 16.9 Å². The number of aromatic nitrogens is 2. The fraction of sp³-hybridized carbons (Fsp3) is 0.556. The second-order valence-electron chi connectivity index (χ2n) is 6.94. The van der Waals surface area contributed by atoms with Gasteiger partial charge in [0, 0.05) is 18.7 Å². The maximum Gasteiger partial charge on any atom is 0.254 e. The molecule has 2 aromatic rings. The van der Waals surface area contributed by atoms with Gasteiger partial charge in [-0.2, -0.15) is 0 Å². The molecule has 2 fully saturated rings. The number of fused-ring (bicyclic) bond motifs is 1. The van der Waals surface area contributed by atoms with Gasteiger partial charge in [0.25, 0.3) is 5.91 Å². The number of nitrogens with zero attached hydrogens (tertiary/aromatic N) is 2. The first-order valence-corrected chi connectivity index (χ1v) is 8.55. The molecule has 2 aliphatic rings. The van der Waals surface area contributed by atoms with Gasteiger partial charge in [-0.05, 0) is 43.4 Å². The Bertz CT molecular complexity index is 726. The van der Waals surface area contributed by atoms with Gasteiger partial charge < -0.3 is 14.6 Å². The van der Waals surface area contributed by atoms with Crippen molar-refractivity contribution in [2.45, 2.75) is 38.2 Å². The number of piperidine rings is 1. The molecule has 2 aliphatic heterocycles. The van der Waals surface area contributed by atoms with Crippen LogP contribution in [0, 0.1) is 5.92 Å². The molecule has 1 aromatic heterocycles. The van der Waals surface area contributed by atoms with Crippen LogP contribution in [0.3, 0.4) is 0 Å². The third-order valence-electron chi connectivity index (χ3n) is 5.36. The molecule has 0 radical (unpaired) electrons. The summed E-state index contributed by atoms with van der Waals surface area (Å²) in [5.74, 6) is 0.746. The van der Waals surface area contributed by atoms with Gasteiger partial charge in [-0.25, -0.2) is 4.98 Å². The van der Waals surface area contributed by atoms with Crippen molar-refractivity contribution in [2.75, 3.05) is 19.7 Å². The Hall–Kier alpha value is -1.88. The van der Waals surface area contributed by atoms with E-state index in [1.807, 2.05) is 23.1 Å². The zero-order chi connectivity index (χ0) is 15.9. The Balaban J connectivity index is 1.53. The van der Waals surface area contributed by atoms with Gasteiger partial charge in [0.05, 0.1) is 29.6 Å². The molecule has 1 amide bonds. The summed E-state index contributed by atoms with van der Waals surface area (Å²) in [6, 6.07) is 5.67. The lowest BCUT2D eigenvalue weighted by atomic mass is 9.85. The number of hydrogen-bond donors (Lipinski definition) is 1. The summed E-state index contributed by atoms with van der Waals surface area (Å²) in [6.07, 6.45) is 6.01. The van der Waals surface area contributed by atoms with Gasteiger partial charge >= 0.3 is 0 Å². The molecule has 3 heterocycles. The Labute approximate surface area is 136 Å². The molecule has 0 aliphatic carbocycles. The van der Waals surface area contributed by atoms with E-state index in [1.165, 1.54) is 0 Å². The highest BCUT2D eigenvalue weighted by atomic mass is 16.5.